The second-order valence-electron chi connectivity index (χ2n) is 3.73. The lowest BCUT2D eigenvalue weighted by Crippen LogP contribution is -2.06. The van der Waals surface area contributed by atoms with Crippen LogP contribution in [0.4, 0.5) is 5.82 Å². The molecule has 86 valence electrons. The number of pyridine rings is 1. The smallest absolute Gasteiger partial charge is 0.137 e. The molecular formula is C11H10BrN5. The van der Waals surface area contributed by atoms with Crippen LogP contribution < -0.4 is 5.73 Å². The Morgan fingerprint density at radius 2 is 2.24 bits per heavy atom. The molecule has 5 nitrogen and oxygen atoms in total. The summed E-state index contributed by atoms with van der Waals surface area (Å²) in [7, 11) is 0. The molecular weight excluding hydrogens is 282 g/mol. The molecule has 3 heterocycles. The number of anilines is 1. The van der Waals surface area contributed by atoms with Crippen molar-refractivity contribution in [2.24, 2.45) is 0 Å². The van der Waals surface area contributed by atoms with Crippen LogP contribution in [0.15, 0.2) is 41.3 Å². The standard InChI is InChI=1S/C11H10BrN5/c12-9-5-14-17(11(9)13)7-8-6-16-4-2-1-3-10(16)15-8/h1-6H,7,13H2. The molecule has 0 saturated carbocycles. The first-order chi connectivity index (χ1) is 8.24. The highest BCUT2D eigenvalue weighted by Gasteiger charge is 2.07. The SMILES string of the molecule is Nc1c(Br)cnn1Cc1cn2ccccc2n1. The number of nitrogens with zero attached hydrogens (tertiary/aromatic N) is 4. The zero-order valence-corrected chi connectivity index (χ0v) is 10.5. The van der Waals surface area contributed by atoms with Crippen molar-refractivity contribution in [1.29, 1.82) is 0 Å². The van der Waals surface area contributed by atoms with Crippen molar-refractivity contribution < 1.29 is 0 Å². The van der Waals surface area contributed by atoms with Crippen molar-refractivity contribution >= 4 is 27.4 Å². The van der Waals surface area contributed by atoms with Gasteiger partial charge in [0.15, 0.2) is 0 Å². The lowest BCUT2D eigenvalue weighted by molar-refractivity contribution is 0.686. The number of nitrogen functional groups attached to an aromatic ring is 1. The summed E-state index contributed by atoms with van der Waals surface area (Å²) in [5.74, 6) is 0.613. The molecule has 0 atom stereocenters. The van der Waals surface area contributed by atoms with Crippen molar-refractivity contribution in [3.05, 3.63) is 47.0 Å². The molecule has 0 fully saturated rings. The van der Waals surface area contributed by atoms with E-state index in [-0.39, 0.29) is 0 Å². The van der Waals surface area contributed by atoms with E-state index in [4.69, 9.17) is 5.73 Å². The monoisotopic (exact) mass is 291 g/mol. The number of hydrogen-bond donors (Lipinski definition) is 1. The average molecular weight is 292 g/mol. The van der Waals surface area contributed by atoms with Crippen LogP contribution in [0.1, 0.15) is 5.69 Å². The van der Waals surface area contributed by atoms with Gasteiger partial charge in [-0.05, 0) is 28.1 Å². The number of halogens is 1. The van der Waals surface area contributed by atoms with E-state index in [1.165, 1.54) is 0 Å². The molecule has 0 spiro atoms. The molecule has 0 unspecified atom stereocenters. The van der Waals surface area contributed by atoms with Gasteiger partial charge in [0.2, 0.25) is 0 Å². The number of nitrogens with two attached hydrogens (primary N) is 1. The fourth-order valence-electron chi connectivity index (χ4n) is 1.71. The topological polar surface area (TPSA) is 61.1 Å². The van der Waals surface area contributed by atoms with Crippen LogP contribution in [-0.2, 0) is 6.54 Å². The summed E-state index contributed by atoms with van der Waals surface area (Å²) in [4.78, 5) is 4.49. The zero-order valence-electron chi connectivity index (χ0n) is 8.92. The maximum atomic E-state index is 5.86. The Morgan fingerprint density at radius 3 is 2.94 bits per heavy atom. The highest BCUT2D eigenvalue weighted by molar-refractivity contribution is 9.10. The van der Waals surface area contributed by atoms with Gasteiger partial charge in [-0.25, -0.2) is 9.67 Å². The normalized spacial score (nSPS) is 11.1. The molecule has 0 saturated heterocycles. The van der Waals surface area contributed by atoms with Crippen molar-refractivity contribution in [1.82, 2.24) is 19.2 Å². The van der Waals surface area contributed by atoms with E-state index in [0.717, 1.165) is 15.8 Å². The van der Waals surface area contributed by atoms with Gasteiger partial charge in [0.1, 0.15) is 11.5 Å². The minimum absolute atomic E-state index is 0.569. The van der Waals surface area contributed by atoms with Crippen molar-refractivity contribution in [2.45, 2.75) is 6.54 Å². The second-order valence-corrected chi connectivity index (χ2v) is 4.59. The summed E-state index contributed by atoms with van der Waals surface area (Å²) in [6.45, 7) is 0.569. The van der Waals surface area contributed by atoms with Crippen LogP contribution in [0.2, 0.25) is 0 Å². The molecule has 0 aromatic carbocycles. The van der Waals surface area contributed by atoms with Gasteiger partial charge in [-0.1, -0.05) is 6.07 Å². The third kappa shape index (κ3) is 1.80. The fourth-order valence-corrected chi connectivity index (χ4v) is 2.01. The van der Waals surface area contributed by atoms with E-state index in [0.29, 0.717) is 12.4 Å². The summed E-state index contributed by atoms with van der Waals surface area (Å²) in [6.07, 6.45) is 5.63. The van der Waals surface area contributed by atoms with Gasteiger partial charge in [-0.2, -0.15) is 5.10 Å². The Balaban J connectivity index is 1.97. The summed E-state index contributed by atoms with van der Waals surface area (Å²) in [5, 5.41) is 4.18. The van der Waals surface area contributed by atoms with E-state index in [1.807, 2.05) is 35.0 Å². The second kappa shape index (κ2) is 3.89. The molecule has 0 bridgehead atoms. The Morgan fingerprint density at radius 1 is 1.35 bits per heavy atom. The van der Waals surface area contributed by atoms with Crippen LogP contribution in [0.5, 0.6) is 0 Å². The highest BCUT2D eigenvalue weighted by Crippen LogP contribution is 2.18. The maximum absolute atomic E-state index is 5.86. The summed E-state index contributed by atoms with van der Waals surface area (Å²) < 4.78 is 4.50. The fraction of sp³-hybridized carbons (Fsp3) is 0.0909. The Bertz CT molecular complexity index is 636. The third-order valence-corrected chi connectivity index (χ3v) is 3.17. The van der Waals surface area contributed by atoms with E-state index >= 15 is 0 Å². The van der Waals surface area contributed by atoms with E-state index in [9.17, 15) is 0 Å². The lowest BCUT2D eigenvalue weighted by Gasteiger charge is -2.00. The predicted octanol–water partition coefficient (Wildman–Crippen LogP) is 1.92. The molecule has 17 heavy (non-hydrogen) atoms. The lowest BCUT2D eigenvalue weighted by atomic mass is 10.5. The van der Waals surface area contributed by atoms with Crippen LogP contribution in [-0.4, -0.2) is 19.2 Å². The molecule has 0 amide bonds. The molecule has 3 aromatic heterocycles. The predicted molar refractivity (Wildman–Crippen MR) is 68.6 cm³/mol. The van der Waals surface area contributed by atoms with Gasteiger partial charge in [-0.15, -0.1) is 0 Å². The first kappa shape index (κ1) is 10.3. The first-order valence-electron chi connectivity index (χ1n) is 5.13. The average Bonchev–Trinajstić information content (AvgIpc) is 2.87. The highest BCUT2D eigenvalue weighted by atomic mass is 79.9. The van der Waals surface area contributed by atoms with E-state index < -0.39 is 0 Å². The Kier molecular flexibility index (Phi) is 2.36. The minimum atomic E-state index is 0.569. The first-order valence-corrected chi connectivity index (χ1v) is 5.93. The number of aromatic nitrogens is 4. The van der Waals surface area contributed by atoms with Crippen molar-refractivity contribution in [3.8, 4) is 0 Å². The number of rotatable bonds is 2. The van der Waals surface area contributed by atoms with Crippen molar-refractivity contribution in [2.75, 3.05) is 5.73 Å². The summed E-state index contributed by atoms with van der Waals surface area (Å²) in [6, 6.07) is 5.90. The van der Waals surface area contributed by atoms with E-state index in [1.54, 1.807) is 10.9 Å². The van der Waals surface area contributed by atoms with Gasteiger partial charge in [0.05, 0.1) is 22.9 Å². The van der Waals surface area contributed by atoms with Gasteiger partial charge in [-0.3, -0.25) is 0 Å². The van der Waals surface area contributed by atoms with E-state index in [2.05, 4.69) is 26.0 Å². The molecule has 3 rings (SSSR count). The molecule has 0 aliphatic heterocycles. The molecule has 2 N–H and O–H groups in total. The minimum Gasteiger partial charge on any atom is -0.383 e. The largest absolute Gasteiger partial charge is 0.383 e. The zero-order chi connectivity index (χ0) is 11.8. The molecule has 0 aliphatic rings. The third-order valence-electron chi connectivity index (χ3n) is 2.56. The summed E-state index contributed by atoms with van der Waals surface area (Å²) >= 11 is 3.33. The number of fused-ring (bicyclic) bond motifs is 1. The van der Waals surface area contributed by atoms with Gasteiger partial charge in [0.25, 0.3) is 0 Å². The summed E-state index contributed by atoms with van der Waals surface area (Å²) in [5.41, 5.74) is 7.72. The Hall–Kier alpha value is -1.82. The van der Waals surface area contributed by atoms with Gasteiger partial charge >= 0.3 is 0 Å². The maximum Gasteiger partial charge on any atom is 0.137 e. The Labute approximate surface area is 106 Å². The van der Waals surface area contributed by atoms with Gasteiger partial charge in [0, 0.05) is 12.4 Å². The molecule has 6 heteroatoms. The number of hydrogen-bond acceptors (Lipinski definition) is 3. The molecule has 0 radical (unpaired) electrons. The van der Waals surface area contributed by atoms with Crippen LogP contribution in [0.3, 0.4) is 0 Å². The molecule has 3 aromatic rings. The number of imidazole rings is 1. The quantitative estimate of drug-likeness (QED) is 0.785. The van der Waals surface area contributed by atoms with Crippen LogP contribution >= 0.6 is 15.9 Å². The van der Waals surface area contributed by atoms with Crippen LogP contribution in [0.25, 0.3) is 5.65 Å². The van der Waals surface area contributed by atoms with Gasteiger partial charge < -0.3 is 10.1 Å². The molecule has 0 aliphatic carbocycles. The van der Waals surface area contributed by atoms with Crippen LogP contribution in [0, 0.1) is 0 Å². The van der Waals surface area contributed by atoms with Crippen molar-refractivity contribution in [3.63, 3.8) is 0 Å².